The summed E-state index contributed by atoms with van der Waals surface area (Å²) in [6.45, 7) is 12.0. The summed E-state index contributed by atoms with van der Waals surface area (Å²) >= 11 is 0. The van der Waals surface area contributed by atoms with E-state index in [0.29, 0.717) is 13.0 Å². The lowest BCUT2D eigenvalue weighted by Crippen LogP contribution is -2.45. The van der Waals surface area contributed by atoms with Crippen LogP contribution in [0.25, 0.3) is 0 Å². The molecule has 0 spiro atoms. The Bertz CT molecular complexity index is 654. The first-order valence-corrected chi connectivity index (χ1v) is 13.1. The lowest BCUT2D eigenvalue weighted by Gasteiger charge is -2.39. The Morgan fingerprint density at radius 3 is 2.68 bits per heavy atom. The molecule has 156 valence electrons. The van der Waals surface area contributed by atoms with E-state index in [-0.39, 0.29) is 29.6 Å². The van der Waals surface area contributed by atoms with Crippen molar-refractivity contribution in [3.8, 4) is 0 Å². The van der Waals surface area contributed by atoms with E-state index in [0.717, 1.165) is 18.4 Å². The first kappa shape index (κ1) is 22.8. The SMILES string of the molecule is CC(C)(C)[Si](C)(C)OC1COC(c2cccnc2)C1CCC=CCCC(=O)O. The van der Waals surface area contributed by atoms with Gasteiger partial charge in [0, 0.05) is 24.7 Å². The number of nitrogens with zero attached hydrogens (tertiary/aromatic N) is 1. The van der Waals surface area contributed by atoms with Gasteiger partial charge in [0.1, 0.15) is 0 Å². The van der Waals surface area contributed by atoms with E-state index in [4.69, 9.17) is 14.3 Å². The van der Waals surface area contributed by atoms with Crippen LogP contribution in [-0.2, 0) is 14.0 Å². The van der Waals surface area contributed by atoms with Gasteiger partial charge < -0.3 is 14.3 Å². The van der Waals surface area contributed by atoms with E-state index in [1.807, 2.05) is 18.3 Å². The van der Waals surface area contributed by atoms with Gasteiger partial charge in [-0.15, -0.1) is 0 Å². The van der Waals surface area contributed by atoms with Crippen molar-refractivity contribution in [2.24, 2.45) is 5.92 Å². The van der Waals surface area contributed by atoms with Gasteiger partial charge in [-0.1, -0.05) is 39.0 Å². The standard InChI is InChI=1S/C22H35NO4Si/c1-22(2,3)28(4,5)27-19-16-26-21(17-11-10-14-23-15-17)18(19)12-8-6-7-9-13-20(24)25/h6-7,10-11,14-15,18-19,21H,8-9,12-13,16H2,1-5H3,(H,24,25). The molecule has 0 bridgehead atoms. The molecule has 6 heteroatoms. The highest BCUT2D eigenvalue weighted by Gasteiger charge is 2.45. The quantitative estimate of drug-likeness (QED) is 0.442. The minimum absolute atomic E-state index is 0.00381. The maximum atomic E-state index is 10.6. The van der Waals surface area contributed by atoms with Crippen LogP contribution >= 0.6 is 0 Å². The maximum Gasteiger partial charge on any atom is 0.303 e. The molecule has 0 aromatic carbocycles. The fourth-order valence-electron chi connectivity index (χ4n) is 3.27. The van der Waals surface area contributed by atoms with Crippen LogP contribution in [0.5, 0.6) is 0 Å². The van der Waals surface area contributed by atoms with Crippen molar-refractivity contribution in [3.63, 3.8) is 0 Å². The average Bonchev–Trinajstić information content (AvgIpc) is 2.99. The highest BCUT2D eigenvalue weighted by molar-refractivity contribution is 6.74. The number of hydrogen-bond donors (Lipinski definition) is 1. The normalized spacial score (nSPS) is 23.4. The highest BCUT2D eigenvalue weighted by Crippen LogP contribution is 2.44. The van der Waals surface area contributed by atoms with Crippen molar-refractivity contribution in [1.82, 2.24) is 4.98 Å². The van der Waals surface area contributed by atoms with Crippen molar-refractivity contribution in [1.29, 1.82) is 0 Å². The van der Waals surface area contributed by atoms with Crippen LogP contribution in [0.4, 0.5) is 0 Å². The number of aliphatic carboxylic acids is 1. The molecule has 0 amide bonds. The lowest BCUT2D eigenvalue weighted by molar-refractivity contribution is -0.136. The summed E-state index contributed by atoms with van der Waals surface area (Å²) in [6.07, 6.45) is 10.4. The molecule has 0 saturated carbocycles. The van der Waals surface area contributed by atoms with Crippen LogP contribution in [0.2, 0.25) is 18.1 Å². The molecule has 1 fully saturated rings. The minimum atomic E-state index is -1.89. The molecule has 5 nitrogen and oxygen atoms in total. The summed E-state index contributed by atoms with van der Waals surface area (Å²) in [6, 6.07) is 4.02. The van der Waals surface area contributed by atoms with E-state index in [9.17, 15) is 4.79 Å². The van der Waals surface area contributed by atoms with Gasteiger partial charge >= 0.3 is 5.97 Å². The predicted molar refractivity (Wildman–Crippen MR) is 114 cm³/mol. The third-order valence-corrected chi connectivity index (χ3v) is 10.4. The zero-order valence-electron chi connectivity index (χ0n) is 17.9. The first-order chi connectivity index (χ1) is 13.1. The number of ether oxygens (including phenoxy) is 1. The van der Waals surface area contributed by atoms with E-state index >= 15 is 0 Å². The highest BCUT2D eigenvalue weighted by atomic mass is 28.4. The zero-order chi connectivity index (χ0) is 20.8. The van der Waals surface area contributed by atoms with Crippen molar-refractivity contribution in [2.45, 2.75) is 76.8 Å². The van der Waals surface area contributed by atoms with Crippen LogP contribution in [0, 0.1) is 5.92 Å². The Balaban J connectivity index is 2.07. The number of pyridine rings is 1. The van der Waals surface area contributed by atoms with Crippen LogP contribution in [-0.4, -0.2) is 37.1 Å². The minimum Gasteiger partial charge on any atom is -0.481 e. The first-order valence-electron chi connectivity index (χ1n) is 10.2. The van der Waals surface area contributed by atoms with Gasteiger partial charge in [0.2, 0.25) is 0 Å². The van der Waals surface area contributed by atoms with E-state index in [1.54, 1.807) is 6.20 Å². The molecule has 1 saturated heterocycles. The Labute approximate surface area is 170 Å². The molecule has 1 aromatic rings. The number of carbonyl (C=O) groups is 1. The number of hydrogen-bond acceptors (Lipinski definition) is 4. The summed E-state index contributed by atoms with van der Waals surface area (Å²) in [5, 5.41) is 8.90. The molecule has 0 radical (unpaired) electrons. The number of allylic oxidation sites excluding steroid dienone is 2. The molecule has 1 N–H and O–H groups in total. The van der Waals surface area contributed by atoms with E-state index in [1.165, 1.54) is 0 Å². The summed E-state index contributed by atoms with van der Waals surface area (Å²) < 4.78 is 12.9. The molecule has 3 unspecified atom stereocenters. The Morgan fingerprint density at radius 1 is 1.36 bits per heavy atom. The molecule has 28 heavy (non-hydrogen) atoms. The molecular formula is C22H35NO4Si. The van der Waals surface area contributed by atoms with Gasteiger partial charge in [0.05, 0.1) is 18.8 Å². The second-order valence-corrected chi connectivity index (χ2v) is 13.9. The summed E-state index contributed by atoms with van der Waals surface area (Å²) in [7, 11) is -1.89. The predicted octanol–water partition coefficient (Wildman–Crippen LogP) is 5.36. The second kappa shape index (κ2) is 9.81. The lowest BCUT2D eigenvalue weighted by atomic mass is 9.90. The molecule has 3 atom stereocenters. The van der Waals surface area contributed by atoms with Crippen molar-refractivity contribution >= 4 is 14.3 Å². The van der Waals surface area contributed by atoms with Gasteiger partial charge in [-0.2, -0.15) is 0 Å². The zero-order valence-corrected chi connectivity index (χ0v) is 18.9. The molecule has 0 aliphatic carbocycles. The summed E-state index contributed by atoms with van der Waals surface area (Å²) in [4.78, 5) is 14.9. The Kier molecular flexibility index (Phi) is 7.98. The largest absolute Gasteiger partial charge is 0.481 e. The third-order valence-electron chi connectivity index (χ3n) is 5.93. The number of aromatic nitrogens is 1. The second-order valence-electron chi connectivity index (χ2n) is 9.10. The number of carboxylic acids is 1. The molecule has 1 aliphatic heterocycles. The van der Waals surface area contributed by atoms with Gasteiger partial charge in [-0.25, -0.2) is 0 Å². The van der Waals surface area contributed by atoms with Crippen LogP contribution in [0.1, 0.15) is 58.1 Å². The van der Waals surface area contributed by atoms with Gasteiger partial charge in [0.25, 0.3) is 0 Å². The van der Waals surface area contributed by atoms with Gasteiger partial charge in [-0.3, -0.25) is 9.78 Å². The molecule has 2 heterocycles. The molecule has 1 aliphatic rings. The molecule has 1 aromatic heterocycles. The maximum absolute atomic E-state index is 10.6. The van der Waals surface area contributed by atoms with Crippen LogP contribution in [0.15, 0.2) is 36.7 Å². The number of carboxylic acid groups (broad SMARTS) is 1. The summed E-state index contributed by atoms with van der Waals surface area (Å²) in [5.74, 6) is -0.490. The van der Waals surface area contributed by atoms with E-state index < -0.39 is 14.3 Å². The van der Waals surface area contributed by atoms with Gasteiger partial charge in [-0.05, 0) is 49.0 Å². The summed E-state index contributed by atoms with van der Waals surface area (Å²) in [5.41, 5.74) is 1.10. The average molecular weight is 406 g/mol. The van der Waals surface area contributed by atoms with Crippen molar-refractivity contribution in [2.75, 3.05) is 6.61 Å². The fourth-order valence-corrected chi connectivity index (χ4v) is 4.63. The Morgan fingerprint density at radius 2 is 2.07 bits per heavy atom. The molecule has 2 rings (SSSR count). The molecular weight excluding hydrogens is 370 g/mol. The van der Waals surface area contributed by atoms with E-state index in [2.05, 4.69) is 51.0 Å². The fraction of sp³-hybridized carbons (Fsp3) is 0.636. The number of rotatable bonds is 9. The third kappa shape index (κ3) is 6.26. The van der Waals surface area contributed by atoms with Crippen molar-refractivity contribution < 1.29 is 19.1 Å². The monoisotopic (exact) mass is 405 g/mol. The smallest absolute Gasteiger partial charge is 0.303 e. The van der Waals surface area contributed by atoms with Gasteiger partial charge in [0.15, 0.2) is 8.32 Å². The van der Waals surface area contributed by atoms with Crippen LogP contribution in [0.3, 0.4) is 0 Å². The van der Waals surface area contributed by atoms with Crippen molar-refractivity contribution in [3.05, 3.63) is 42.2 Å². The Hall–Kier alpha value is -1.50. The topological polar surface area (TPSA) is 68.7 Å². The van der Waals surface area contributed by atoms with Crippen LogP contribution < -0.4 is 0 Å².